The van der Waals surface area contributed by atoms with Crippen LogP contribution in [-0.2, 0) is 0 Å². The number of hydrogen-bond donors (Lipinski definition) is 0. The van der Waals surface area contributed by atoms with Crippen LogP contribution in [0.25, 0.3) is 0 Å². The molecule has 0 fully saturated rings. The Morgan fingerprint density at radius 3 is 2.60 bits per heavy atom. The minimum atomic E-state index is -0.677. The molecule has 2 aromatic rings. The number of rotatable bonds is 4. The van der Waals surface area contributed by atoms with Crippen LogP contribution in [0.15, 0.2) is 36.4 Å². The Bertz CT molecular complexity index is 685. The van der Waals surface area contributed by atoms with Crippen molar-refractivity contribution in [3.63, 3.8) is 0 Å². The van der Waals surface area contributed by atoms with Crippen LogP contribution < -0.4 is 4.74 Å². The summed E-state index contributed by atoms with van der Waals surface area (Å²) in [6.07, 6.45) is 0.577. The first-order valence-corrected chi connectivity index (χ1v) is 5.69. The van der Waals surface area contributed by atoms with Gasteiger partial charge < -0.3 is 4.74 Å². The van der Waals surface area contributed by atoms with Crippen molar-refractivity contribution in [1.82, 2.24) is 0 Å². The Labute approximate surface area is 113 Å². The number of aryl methyl sites for hydroxylation is 1. The van der Waals surface area contributed by atoms with Crippen molar-refractivity contribution >= 4 is 12.0 Å². The lowest BCUT2D eigenvalue weighted by atomic mass is 10.1. The average molecular weight is 275 g/mol. The largest absolute Gasteiger partial charge is 0.449 e. The Kier molecular flexibility index (Phi) is 3.74. The fraction of sp³-hybridized carbons (Fsp3) is 0.0714. The molecule has 0 radical (unpaired) electrons. The molecule has 0 N–H and O–H groups in total. The molecule has 102 valence electrons. The monoisotopic (exact) mass is 275 g/mol. The van der Waals surface area contributed by atoms with Gasteiger partial charge in [-0.25, -0.2) is 4.39 Å². The first kappa shape index (κ1) is 13.7. The van der Waals surface area contributed by atoms with Crippen molar-refractivity contribution in [2.45, 2.75) is 6.92 Å². The zero-order valence-corrected chi connectivity index (χ0v) is 10.5. The second kappa shape index (κ2) is 5.48. The lowest BCUT2D eigenvalue weighted by Crippen LogP contribution is -1.96. The smallest absolute Gasteiger partial charge is 0.311 e. The number of nitrogens with zero attached hydrogens (tertiary/aromatic N) is 1. The number of benzene rings is 2. The van der Waals surface area contributed by atoms with Gasteiger partial charge in [0.15, 0.2) is 6.29 Å². The van der Waals surface area contributed by atoms with Gasteiger partial charge in [0.2, 0.25) is 5.75 Å². The SMILES string of the molecule is Cc1ccc(Oc2cc(F)ccc2[N+](=O)[O-])c(C=O)c1. The molecule has 0 atom stereocenters. The molecule has 0 aromatic heterocycles. The number of halogens is 1. The Balaban J connectivity index is 2.46. The first-order valence-electron chi connectivity index (χ1n) is 5.69. The molecule has 0 spiro atoms. The maximum Gasteiger partial charge on any atom is 0.311 e. The van der Waals surface area contributed by atoms with Crippen LogP contribution in [0, 0.1) is 22.9 Å². The van der Waals surface area contributed by atoms with E-state index in [1.165, 1.54) is 6.07 Å². The molecule has 0 saturated carbocycles. The van der Waals surface area contributed by atoms with Crippen LogP contribution in [0.4, 0.5) is 10.1 Å². The van der Waals surface area contributed by atoms with Gasteiger partial charge in [0.1, 0.15) is 11.6 Å². The van der Waals surface area contributed by atoms with Gasteiger partial charge in [-0.05, 0) is 25.1 Å². The standard InChI is InChI=1S/C14H10FNO4/c1-9-2-5-13(10(6-9)8-17)20-14-7-11(15)3-4-12(14)16(18)19/h2-8H,1H3. The minimum absolute atomic E-state index is 0.138. The maximum absolute atomic E-state index is 13.2. The normalized spacial score (nSPS) is 10.1. The number of carbonyl (C=O) groups is 1. The van der Waals surface area contributed by atoms with E-state index in [0.29, 0.717) is 6.29 Å². The fourth-order valence-corrected chi connectivity index (χ4v) is 1.69. The van der Waals surface area contributed by atoms with E-state index in [9.17, 15) is 19.3 Å². The molecule has 20 heavy (non-hydrogen) atoms. The van der Waals surface area contributed by atoms with Crippen LogP contribution in [0.5, 0.6) is 11.5 Å². The van der Waals surface area contributed by atoms with Crippen molar-refractivity contribution in [1.29, 1.82) is 0 Å². The second-order valence-corrected chi connectivity index (χ2v) is 4.13. The van der Waals surface area contributed by atoms with E-state index >= 15 is 0 Å². The van der Waals surface area contributed by atoms with Gasteiger partial charge in [-0.15, -0.1) is 0 Å². The van der Waals surface area contributed by atoms with Gasteiger partial charge in [0.05, 0.1) is 10.5 Å². The molecule has 5 nitrogen and oxygen atoms in total. The summed E-state index contributed by atoms with van der Waals surface area (Å²) < 4.78 is 18.5. The number of ether oxygens (including phenoxy) is 1. The molecule has 0 aliphatic heterocycles. The predicted molar refractivity (Wildman–Crippen MR) is 69.7 cm³/mol. The summed E-state index contributed by atoms with van der Waals surface area (Å²) in [6.45, 7) is 1.79. The molecule has 6 heteroatoms. The lowest BCUT2D eigenvalue weighted by Gasteiger charge is -2.09. The molecule has 0 aliphatic rings. The van der Waals surface area contributed by atoms with Gasteiger partial charge in [0, 0.05) is 12.1 Å². The van der Waals surface area contributed by atoms with E-state index in [-0.39, 0.29) is 22.7 Å². The molecular weight excluding hydrogens is 265 g/mol. The van der Waals surface area contributed by atoms with E-state index in [4.69, 9.17) is 4.74 Å². The predicted octanol–water partition coefficient (Wildman–Crippen LogP) is 3.65. The third kappa shape index (κ3) is 2.80. The Morgan fingerprint density at radius 2 is 1.95 bits per heavy atom. The maximum atomic E-state index is 13.2. The molecule has 0 unspecified atom stereocenters. The fourth-order valence-electron chi connectivity index (χ4n) is 1.69. The topological polar surface area (TPSA) is 69.4 Å². The van der Waals surface area contributed by atoms with E-state index in [1.807, 2.05) is 0 Å². The highest BCUT2D eigenvalue weighted by molar-refractivity contribution is 5.80. The van der Waals surface area contributed by atoms with Crippen molar-refractivity contribution in [2.24, 2.45) is 0 Å². The van der Waals surface area contributed by atoms with Gasteiger partial charge in [-0.2, -0.15) is 0 Å². The van der Waals surface area contributed by atoms with Crippen LogP contribution in [0.1, 0.15) is 15.9 Å². The third-order valence-electron chi connectivity index (χ3n) is 2.63. The summed E-state index contributed by atoms with van der Waals surface area (Å²) in [5, 5.41) is 10.9. The van der Waals surface area contributed by atoms with Gasteiger partial charge in [0.25, 0.3) is 0 Å². The summed E-state index contributed by atoms with van der Waals surface area (Å²) >= 11 is 0. The summed E-state index contributed by atoms with van der Waals surface area (Å²) in [5.41, 5.74) is 0.709. The average Bonchev–Trinajstić information content (AvgIpc) is 2.40. The Morgan fingerprint density at radius 1 is 1.20 bits per heavy atom. The summed E-state index contributed by atoms with van der Waals surface area (Å²) in [4.78, 5) is 21.2. The van der Waals surface area contributed by atoms with Gasteiger partial charge in [-0.1, -0.05) is 11.6 Å². The van der Waals surface area contributed by atoms with Gasteiger partial charge in [-0.3, -0.25) is 14.9 Å². The van der Waals surface area contributed by atoms with E-state index < -0.39 is 10.7 Å². The molecule has 0 saturated heterocycles. The van der Waals surface area contributed by atoms with Crippen molar-refractivity contribution in [3.05, 3.63) is 63.5 Å². The molecule has 0 aliphatic carbocycles. The molecule has 0 bridgehead atoms. The summed E-state index contributed by atoms with van der Waals surface area (Å²) in [7, 11) is 0. The zero-order valence-electron chi connectivity index (χ0n) is 10.5. The highest BCUT2D eigenvalue weighted by Gasteiger charge is 2.17. The van der Waals surface area contributed by atoms with Crippen molar-refractivity contribution in [2.75, 3.05) is 0 Å². The van der Waals surface area contributed by atoms with E-state index in [1.54, 1.807) is 19.1 Å². The summed E-state index contributed by atoms with van der Waals surface area (Å²) in [5.74, 6) is -0.772. The summed E-state index contributed by atoms with van der Waals surface area (Å²) in [6, 6.07) is 7.67. The lowest BCUT2D eigenvalue weighted by molar-refractivity contribution is -0.385. The van der Waals surface area contributed by atoms with Crippen molar-refractivity contribution < 1.29 is 18.8 Å². The van der Waals surface area contributed by atoms with E-state index in [0.717, 1.165) is 23.8 Å². The zero-order chi connectivity index (χ0) is 14.7. The molecule has 0 heterocycles. The van der Waals surface area contributed by atoms with Crippen molar-refractivity contribution in [3.8, 4) is 11.5 Å². The van der Waals surface area contributed by atoms with Crippen LogP contribution in [-0.4, -0.2) is 11.2 Å². The number of nitro groups is 1. The van der Waals surface area contributed by atoms with Gasteiger partial charge >= 0.3 is 5.69 Å². The highest BCUT2D eigenvalue weighted by atomic mass is 19.1. The molecular formula is C14H10FNO4. The van der Waals surface area contributed by atoms with Crippen LogP contribution in [0.2, 0.25) is 0 Å². The Hall–Kier alpha value is -2.76. The van der Waals surface area contributed by atoms with Crippen LogP contribution >= 0.6 is 0 Å². The molecule has 0 amide bonds. The molecule has 2 aromatic carbocycles. The number of nitro benzene ring substituents is 1. The van der Waals surface area contributed by atoms with Crippen LogP contribution in [0.3, 0.4) is 0 Å². The number of carbonyl (C=O) groups excluding carboxylic acids is 1. The third-order valence-corrected chi connectivity index (χ3v) is 2.63. The quantitative estimate of drug-likeness (QED) is 0.485. The molecule has 2 rings (SSSR count). The van der Waals surface area contributed by atoms with E-state index in [2.05, 4.69) is 0 Å². The second-order valence-electron chi connectivity index (χ2n) is 4.13. The number of aldehydes is 1. The first-order chi connectivity index (χ1) is 9.51. The highest BCUT2D eigenvalue weighted by Crippen LogP contribution is 2.33. The minimum Gasteiger partial charge on any atom is -0.449 e. The number of hydrogen-bond acceptors (Lipinski definition) is 4.